The van der Waals surface area contributed by atoms with Crippen LogP contribution in [0.25, 0.3) is 44.2 Å². The number of para-hydroxylation sites is 1. The molecule has 0 saturated carbocycles. The molecule has 284 valence electrons. The fourth-order valence-electron chi connectivity index (χ4n) is 9.78. The van der Waals surface area contributed by atoms with E-state index in [1.807, 2.05) is 12.1 Å². The van der Waals surface area contributed by atoms with Gasteiger partial charge < -0.3 is 9.80 Å². The first-order valence-corrected chi connectivity index (χ1v) is 20.7. The number of nitrogens with zero attached hydrogens (tertiary/aromatic N) is 3. The highest BCUT2D eigenvalue weighted by atomic mass is 15.2. The van der Waals surface area contributed by atoms with E-state index in [1.165, 1.54) is 66.4 Å². The molecule has 0 aromatic heterocycles. The van der Waals surface area contributed by atoms with E-state index in [0.717, 1.165) is 40.5 Å². The summed E-state index contributed by atoms with van der Waals surface area (Å²) in [5.74, 6) is 0. The number of hydrogen-bond acceptors (Lipinski definition) is 3. The molecule has 3 nitrogen and oxygen atoms in total. The van der Waals surface area contributed by atoms with Crippen molar-refractivity contribution in [3.8, 4) is 39.4 Å². The molecule has 0 radical (unpaired) electrons. The summed E-state index contributed by atoms with van der Waals surface area (Å²) in [4.78, 5) is 4.81. The van der Waals surface area contributed by atoms with E-state index in [9.17, 15) is 5.26 Å². The van der Waals surface area contributed by atoms with Gasteiger partial charge in [-0.05, 0) is 134 Å². The smallest absolute Gasteiger partial charge is 0.0991 e. The molecule has 0 heterocycles. The van der Waals surface area contributed by atoms with Gasteiger partial charge in [0.2, 0.25) is 0 Å². The fraction of sp³-hybridized carbons (Fsp3) is 0.0702. The van der Waals surface area contributed by atoms with Crippen molar-refractivity contribution in [1.29, 1.82) is 5.26 Å². The maximum absolute atomic E-state index is 9.79. The summed E-state index contributed by atoms with van der Waals surface area (Å²) >= 11 is 0. The Labute approximate surface area is 351 Å². The van der Waals surface area contributed by atoms with Crippen LogP contribution in [0.4, 0.5) is 34.1 Å². The van der Waals surface area contributed by atoms with Crippen molar-refractivity contribution in [1.82, 2.24) is 0 Å². The van der Waals surface area contributed by atoms with Crippen molar-refractivity contribution >= 4 is 44.9 Å². The maximum atomic E-state index is 9.79. The largest absolute Gasteiger partial charge is 0.310 e. The molecule has 9 aromatic carbocycles. The molecule has 2 aliphatic rings. The van der Waals surface area contributed by atoms with Gasteiger partial charge in [-0.1, -0.05) is 141 Å². The minimum absolute atomic E-state index is 0.315. The molecule has 0 N–H and O–H groups in total. The second kappa shape index (κ2) is 14.0. The van der Waals surface area contributed by atoms with E-state index in [2.05, 4.69) is 218 Å². The lowest BCUT2D eigenvalue weighted by Crippen LogP contribution is -2.18. The van der Waals surface area contributed by atoms with E-state index in [0.29, 0.717) is 5.56 Å². The highest BCUT2D eigenvalue weighted by Crippen LogP contribution is 2.56. The molecule has 0 saturated heterocycles. The van der Waals surface area contributed by atoms with Gasteiger partial charge >= 0.3 is 0 Å². The van der Waals surface area contributed by atoms with E-state index >= 15 is 0 Å². The molecule has 0 spiro atoms. The number of rotatable bonds is 7. The fourth-order valence-corrected chi connectivity index (χ4v) is 9.78. The summed E-state index contributed by atoms with van der Waals surface area (Å²) < 4.78 is 0. The Kier molecular flexibility index (Phi) is 8.29. The minimum Gasteiger partial charge on any atom is -0.310 e. The molecule has 0 aliphatic heterocycles. The molecule has 0 fully saturated rings. The Bertz CT molecular complexity index is 3140. The zero-order valence-electron chi connectivity index (χ0n) is 33.6. The molecule has 0 bridgehead atoms. The lowest BCUT2D eigenvalue weighted by molar-refractivity contribution is 0.661. The van der Waals surface area contributed by atoms with Crippen molar-refractivity contribution in [3.05, 3.63) is 228 Å². The summed E-state index contributed by atoms with van der Waals surface area (Å²) in [6.07, 6.45) is 0.865. The monoisotopic (exact) mass is 767 g/mol. The summed E-state index contributed by atoms with van der Waals surface area (Å²) in [5.41, 5.74) is 19.8. The third-order valence-electron chi connectivity index (χ3n) is 12.7. The van der Waals surface area contributed by atoms with Crippen molar-refractivity contribution in [2.45, 2.75) is 25.7 Å². The van der Waals surface area contributed by atoms with Crippen LogP contribution in [0.2, 0.25) is 0 Å². The Morgan fingerprint density at radius 3 is 1.82 bits per heavy atom. The highest BCUT2D eigenvalue weighted by Gasteiger charge is 2.39. The second-order valence-corrected chi connectivity index (χ2v) is 16.4. The standard InChI is InChI=1S/C57H41N3/c1-57(2)52-35-45(59(42-17-7-4-8-18-42)43-30-26-40(27-31-43)39-14-5-3-6-15-39)32-33-50(52)56-49-21-12-11-20-48(49)55(36-53(56)57)60(44-28-24-38(37-58)25-29-44)54-23-13-22-47-46-19-10-9-16-41(46)34-51(47)54/h3-33,35-36H,34H2,1-2H3. The van der Waals surface area contributed by atoms with Gasteiger partial charge in [0, 0.05) is 40.0 Å². The Morgan fingerprint density at radius 1 is 0.450 bits per heavy atom. The predicted octanol–water partition coefficient (Wildman–Crippen LogP) is 15.2. The van der Waals surface area contributed by atoms with Crippen molar-refractivity contribution in [3.63, 3.8) is 0 Å². The SMILES string of the molecule is CC1(C)c2cc(N(c3ccccc3)c3ccc(-c4ccccc4)cc3)ccc2-c2c1cc(N(c1ccc(C#N)cc1)c1cccc3c1Cc1ccccc1-3)c1ccccc21. The van der Waals surface area contributed by atoms with Gasteiger partial charge in [0.25, 0.3) is 0 Å². The molecule has 9 aromatic rings. The molecule has 0 amide bonds. The van der Waals surface area contributed by atoms with Crippen LogP contribution in [0.1, 0.15) is 41.7 Å². The van der Waals surface area contributed by atoms with Gasteiger partial charge in [-0.25, -0.2) is 0 Å². The number of hydrogen-bond donors (Lipinski definition) is 0. The Hall–Kier alpha value is -7.67. The van der Waals surface area contributed by atoms with Crippen LogP contribution >= 0.6 is 0 Å². The number of anilines is 6. The first kappa shape index (κ1) is 35.5. The summed E-state index contributed by atoms with van der Waals surface area (Å²) in [7, 11) is 0. The van der Waals surface area contributed by atoms with E-state index in [4.69, 9.17) is 0 Å². The van der Waals surface area contributed by atoms with Crippen molar-refractivity contribution in [2.24, 2.45) is 0 Å². The van der Waals surface area contributed by atoms with Crippen LogP contribution in [0.5, 0.6) is 0 Å². The van der Waals surface area contributed by atoms with Crippen LogP contribution in [0.3, 0.4) is 0 Å². The Morgan fingerprint density at radius 2 is 1.05 bits per heavy atom. The molecule has 2 aliphatic carbocycles. The van der Waals surface area contributed by atoms with Gasteiger partial charge in [0.05, 0.1) is 23.0 Å². The summed E-state index contributed by atoms with van der Waals surface area (Å²) in [5, 5.41) is 12.2. The van der Waals surface area contributed by atoms with Gasteiger partial charge in [0.1, 0.15) is 0 Å². The lowest BCUT2D eigenvalue weighted by Gasteiger charge is -2.31. The third-order valence-corrected chi connectivity index (χ3v) is 12.7. The average molecular weight is 768 g/mol. The predicted molar refractivity (Wildman–Crippen MR) is 249 cm³/mol. The molecular weight excluding hydrogens is 727 g/mol. The maximum Gasteiger partial charge on any atom is 0.0991 e. The van der Waals surface area contributed by atoms with Gasteiger partial charge in [-0.2, -0.15) is 5.26 Å². The zero-order valence-corrected chi connectivity index (χ0v) is 33.6. The molecule has 60 heavy (non-hydrogen) atoms. The Balaban J connectivity index is 1.08. The molecular formula is C57H41N3. The summed E-state index contributed by atoms with van der Waals surface area (Å²) in [6, 6.07) is 74.5. The normalized spacial score (nSPS) is 12.9. The van der Waals surface area contributed by atoms with Gasteiger partial charge in [0.15, 0.2) is 0 Å². The number of fused-ring (bicyclic) bond motifs is 8. The third kappa shape index (κ3) is 5.64. The number of nitriles is 1. The molecule has 11 rings (SSSR count). The van der Waals surface area contributed by atoms with Crippen LogP contribution < -0.4 is 9.80 Å². The quantitative estimate of drug-likeness (QED) is 0.162. The first-order valence-electron chi connectivity index (χ1n) is 20.7. The van der Waals surface area contributed by atoms with Gasteiger partial charge in [-0.15, -0.1) is 0 Å². The van der Waals surface area contributed by atoms with Crippen LogP contribution in [-0.4, -0.2) is 0 Å². The van der Waals surface area contributed by atoms with E-state index < -0.39 is 0 Å². The van der Waals surface area contributed by atoms with Crippen molar-refractivity contribution in [2.75, 3.05) is 9.80 Å². The van der Waals surface area contributed by atoms with Gasteiger partial charge in [-0.3, -0.25) is 0 Å². The zero-order chi connectivity index (χ0) is 40.4. The average Bonchev–Trinajstić information content (AvgIpc) is 3.80. The first-order chi connectivity index (χ1) is 29.5. The molecule has 3 heteroatoms. The minimum atomic E-state index is -0.315. The summed E-state index contributed by atoms with van der Waals surface area (Å²) in [6.45, 7) is 4.76. The number of benzene rings is 9. The second-order valence-electron chi connectivity index (χ2n) is 16.4. The molecule has 0 unspecified atom stereocenters. The van der Waals surface area contributed by atoms with E-state index in [-0.39, 0.29) is 5.41 Å². The molecule has 0 atom stereocenters. The topological polar surface area (TPSA) is 30.3 Å². The van der Waals surface area contributed by atoms with E-state index in [1.54, 1.807) is 0 Å². The van der Waals surface area contributed by atoms with Crippen molar-refractivity contribution < 1.29 is 0 Å². The highest BCUT2D eigenvalue weighted by molar-refractivity contribution is 6.10. The van der Waals surface area contributed by atoms with Crippen LogP contribution in [0.15, 0.2) is 200 Å². The lowest BCUT2D eigenvalue weighted by atomic mass is 9.81. The van der Waals surface area contributed by atoms with Crippen LogP contribution in [0, 0.1) is 11.3 Å². The van der Waals surface area contributed by atoms with Crippen LogP contribution in [-0.2, 0) is 11.8 Å².